The van der Waals surface area contributed by atoms with Crippen molar-refractivity contribution < 1.29 is 14.8 Å². The third-order valence-electron chi connectivity index (χ3n) is 2.89. The summed E-state index contributed by atoms with van der Waals surface area (Å²) < 4.78 is 0. The van der Waals surface area contributed by atoms with E-state index in [9.17, 15) is 14.9 Å². The molecule has 1 aromatic carbocycles. The molecule has 1 aromatic rings. The van der Waals surface area contributed by atoms with Gasteiger partial charge in [0.05, 0.1) is 10.8 Å². The minimum atomic E-state index is -0.874. The lowest BCUT2D eigenvalue weighted by atomic mass is 10.0. The Morgan fingerprint density at radius 1 is 1.56 bits per heavy atom. The molecule has 0 saturated heterocycles. The fraction of sp³-hybridized carbons (Fsp3) is 0.364. The summed E-state index contributed by atoms with van der Waals surface area (Å²) in [6, 6.07) is 4.83. The molecule has 1 aliphatic carbocycles. The van der Waals surface area contributed by atoms with Gasteiger partial charge in [0.25, 0.3) is 5.69 Å². The number of aryl methyl sites for hydroxylation is 1. The van der Waals surface area contributed by atoms with Crippen LogP contribution in [0.5, 0.6) is 0 Å². The number of benzene rings is 1. The summed E-state index contributed by atoms with van der Waals surface area (Å²) in [5.41, 5.74) is 1.49. The minimum Gasteiger partial charge on any atom is -0.481 e. The number of aliphatic carboxylic acids is 1. The Morgan fingerprint density at radius 2 is 2.25 bits per heavy atom. The summed E-state index contributed by atoms with van der Waals surface area (Å²) in [6.45, 7) is 1.84. The maximum atomic E-state index is 10.8. The van der Waals surface area contributed by atoms with Gasteiger partial charge in [-0.25, -0.2) is 0 Å². The van der Waals surface area contributed by atoms with E-state index in [0.29, 0.717) is 12.0 Å². The Balaban J connectivity index is 2.37. The smallest absolute Gasteiger partial charge is 0.307 e. The van der Waals surface area contributed by atoms with Crippen LogP contribution in [0.3, 0.4) is 0 Å². The van der Waals surface area contributed by atoms with Gasteiger partial charge in [-0.3, -0.25) is 14.9 Å². The fourth-order valence-corrected chi connectivity index (χ4v) is 1.95. The summed E-state index contributed by atoms with van der Waals surface area (Å²) in [5, 5.41) is 19.6. The van der Waals surface area contributed by atoms with E-state index >= 15 is 0 Å². The normalized spacial score (nSPS) is 22.8. The molecule has 2 unspecified atom stereocenters. The standard InChI is InChI=1S/C11H11NO4/c1-6-2-3-10(12(15)16)8(4-6)7-5-9(7)11(13)14/h2-4,7,9H,5H2,1H3,(H,13,14). The van der Waals surface area contributed by atoms with Crippen LogP contribution in [0, 0.1) is 23.0 Å². The Labute approximate surface area is 91.9 Å². The predicted molar refractivity (Wildman–Crippen MR) is 56.3 cm³/mol. The molecule has 84 valence electrons. The van der Waals surface area contributed by atoms with Crippen molar-refractivity contribution in [1.82, 2.24) is 0 Å². The highest BCUT2D eigenvalue weighted by atomic mass is 16.6. The minimum absolute atomic E-state index is 0.0272. The van der Waals surface area contributed by atoms with Gasteiger partial charge in [0, 0.05) is 17.5 Å². The van der Waals surface area contributed by atoms with Gasteiger partial charge in [-0.2, -0.15) is 0 Å². The topological polar surface area (TPSA) is 80.4 Å². The van der Waals surface area contributed by atoms with E-state index in [-0.39, 0.29) is 11.6 Å². The third-order valence-corrected chi connectivity index (χ3v) is 2.89. The van der Waals surface area contributed by atoms with Crippen molar-refractivity contribution in [1.29, 1.82) is 0 Å². The molecule has 16 heavy (non-hydrogen) atoms. The molecule has 1 fully saturated rings. The second kappa shape index (κ2) is 3.59. The summed E-state index contributed by atoms with van der Waals surface area (Å²) in [4.78, 5) is 21.1. The summed E-state index contributed by atoms with van der Waals surface area (Å²) in [6.07, 6.45) is 0.500. The highest BCUT2D eigenvalue weighted by molar-refractivity contribution is 5.76. The van der Waals surface area contributed by atoms with Gasteiger partial charge in [0.2, 0.25) is 0 Å². The van der Waals surface area contributed by atoms with Crippen LogP contribution in [0.25, 0.3) is 0 Å². The molecule has 1 saturated carbocycles. The van der Waals surface area contributed by atoms with E-state index in [0.717, 1.165) is 5.56 Å². The van der Waals surface area contributed by atoms with E-state index < -0.39 is 16.8 Å². The van der Waals surface area contributed by atoms with Gasteiger partial charge in [0.15, 0.2) is 0 Å². The second-order valence-corrected chi connectivity index (χ2v) is 4.11. The number of carbonyl (C=O) groups is 1. The van der Waals surface area contributed by atoms with Crippen molar-refractivity contribution in [3.8, 4) is 0 Å². The lowest BCUT2D eigenvalue weighted by Gasteiger charge is -2.02. The quantitative estimate of drug-likeness (QED) is 0.626. The number of nitro benzene ring substituents is 1. The summed E-state index contributed by atoms with van der Waals surface area (Å²) in [5.74, 6) is -1.53. The Morgan fingerprint density at radius 3 is 2.75 bits per heavy atom. The molecule has 1 aliphatic rings. The van der Waals surface area contributed by atoms with Gasteiger partial charge in [-0.1, -0.05) is 11.6 Å². The zero-order valence-electron chi connectivity index (χ0n) is 8.71. The molecule has 0 aliphatic heterocycles. The number of carboxylic acids is 1. The largest absolute Gasteiger partial charge is 0.481 e. The second-order valence-electron chi connectivity index (χ2n) is 4.11. The number of nitro groups is 1. The van der Waals surface area contributed by atoms with E-state index in [1.807, 2.05) is 6.92 Å². The van der Waals surface area contributed by atoms with Gasteiger partial charge in [-0.05, 0) is 19.4 Å². The van der Waals surface area contributed by atoms with Crippen LogP contribution >= 0.6 is 0 Å². The number of hydrogen-bond donors (Lipinski definition) is 1. The van der Waals surface area contributed by atoms with Crippen LogP contribution in [-0.2, 0) is 4.79 Å². The molecule has 2 atom stereocenters. The summed E-state index contributed by atoms with van der Waals surface area (Å²) >= 11 is 0. The number of rotatable bonds is 3. The van der Waals surface area contributed by atoms with Gasteiger partial charge in [-0.15, -0.1) is 0 Å². The number of carboxylic acid groups (broad SMARTS) is 1. The van der Waals surface area contributed by atoms with Crippen molar-refractivity contribution in [3.63, 3.8) is 0 Å². The van der Waals surface area contributed by atoms with E-state index in [4.69, 9.17) is 5.11 Å². The van der Waals surface area contributed by atoms with Crippen molar-refractivity contribution in [2.24, 2.45) is 5.92 Å². The lowest BCUT2D eigenvalue weighted by Crippen LogP contribution is -2.01. The molecule has 1 N–H and O–H groups in total. The Bertz CT molecular complexity index is 469. The first-order chi connectivity index (χ1) is 7.50. The molecule has 0 heterocycles. The van der Waals surface area contributed by atoms with E-state index in [1.165, 1.54) is 6.07 Å². The molecule has 5 heteroatoms. The van der Waals surface area contributed by atoms with Gasteiger partial charge < -0.3 is 5.11 Å². The SMILES string of the molecule is Cc1ccc([N+](=O)[O-])c(C2CC2C(=O)O)c1. The lowest BCUT2D eigenvalue weighted by molar-refractivity contribution is -0.385. The predicted octanol–water partition coefficient (Wildman–Crippen LogP) is 2.09. The van der Waals surface area contributed by atoms with E-state index in [2.05, 4.69) is 0 Å². The van der Waals surface area contributed by atoms with Crippen LogP contribution in [0.2, 0.25) is 0 Å². The van der Waals surface area contributed by atoms with Crippen molar-refractivity contribution in [3.05, 3.63) is 39.4 Å². The first-order valence-electron chi connectivity index (χ1n) is 4.98. The molecule has 0 spiro atoms. The summed E-state index contributed by atoms with van der Waals surface area (Å²) in [7, 11) is 0. The van der Waals surface area contributed by atoms with Crippen LogP contribution in [-0.4, -0.2) is 16.0 Å². The molecular weight excluding hydrogens is 210 g/mol. The number of hydrogen-bond acceptors (Lipinski definition) is 3. The number of nitrogens with zero attached hydrogens (tertiary/aromatic N) is 1. The maximum Gasteiger partial charge on any atom is 0.307 e. The molecule has 2 rings (SSSR count). The molecule has 0 bridgehead atoms. The average Bonchev–Trinajstić information content (AvgIpc) is 2.96. The Hall–Kier alpha value is -1.91. The highest BCUT2D eigenvalue weighted by Crippen LogP contribution is 2.50. The molecule has 0 amide bonds. The first kappa shape index (κ1) is 10.6. The third kappa shape index (κ3) is 1.76. The van der Waals surface area contributed by atoms with Gasteiger partial charge >= 0.3 is 5.97 Å². The molecule has 0 aromatic heterocycles. The molecule has 5 nitrogen and oxygen atoms in total. The zero-order chi connectivity index (χ0) is 11.9. The van der Waals surface area contributed by atoms with Crippen molar-refractivity contribution in [2.75, 3.05) is 0 Å². The van der Waals surface area contributed by atoms with Crippen molar-refractivity contribution in [2.45, 2.75) is 19.3 Å². The molecular formula is C11H11NO4. The van der Waals surface area contributed by atoms with Crippen LogP contribution in [0.4, 0.5) is 5.69 Å². The zero-order valence-corrected chi connectivity index (χ0v) is 8.71. The Kier molecular flexibility index (Phi) is 2.38. The highest BCUT2D eigenvalue weighted by Gasteiger charge is 2.46. The monoisotopic (exact) mass is 221 g/mol. The molecule has 0 radical (unpaired) electrons. The van der Waals surface area contributed by atoms with Gasteiger partial charge in [0.1, 0.15) is 0 Å². The van der Waals surface area contributed by atoms with Crippen LogP contribution in [0.15, 0.2) is 18.2 Å². The first-order valence-corrected chi connectivity index (χ1v) is 4.98. The van der Waals surface area contributed by atoms with Crippen LogP contribution < -0.4 is 0 Å². The van der Waals surface area contributed by atoms with Crippen LogP contribution in [0.1, 0.15) is 23.5 Å². The fourth-order valence-electron chi connectivity index (χ4n) is 1.95. The maximum absolute atomic E-state index is 10.8. The van der Waals surface area contributed by atoms with E-state index in [1.54, 1.807) is 12.1 Å². The van der Waals surface area contributed by atoms with Crippen molar-refractivity contribution >= 4 is 11.7 Å². The average molecular weight is 221 g/mol.